The van der Waals surface area contributed by atoms with Gasteiger partial charge in [0.2, 0.25) is 0 Å². The SMILES string of the molecule is Cc1cc(-c2ccc(C(=O)Nc3ccc(CN4CCN[C@@H](C)C4)cc3)nc2C)ccn1. The Hall–Kier alpha value is -3.09. The number of nitrogens with zero attached hydrogens (tertiary/aromatic N) is 3. The molecule has 1 aliphatic heterocycles. The summed E-state index contributed by atoms with van der Waals surface area (Å²) in [6, 6.07) is 16.3. The van der Waals surface area contributed by atoms with E-state index in [0.717, 1.165) is 54.4 Å². The normalized spacial score (nSPS) is 16.8. The van der Waals surface area contributed by atoms with E-state index in [4.69, 9.17) is 0 Å². The molecule has 1 atom stereocenters. The van der Waals surface area contributed by atoms with Crippen molar-refractivity contribution in [2.45, 2.75) is 33.4 Å². The van der Waals surface area contributed by atoms with Gasteiger partial charge in [-0.2, -0.15) is 0 Å². The van der Waals surface area contributed by atoms with Gasteiger partial charge in [0.05, 0.1) is 0 Å². The number of carbonyl (C=O) groups excluding carboxylic acids is 1. The zero-order valence-corrected chi connectivity index (χ0v) is 18.4. The molecule has 0 saturated carbocycles. The molecule has 0 unspecified atom stereocenters. The first-order chi connectivity index (χ1) is 15.0. The fraction of sp³-hybridized carbons (Fsp3) is 0.320. The van der Waals surface area contributed by atoms with Crippen LogP contribution in [0.4, 0.5) is 5.69 Å². The third-order valence-electron chi connectivity index (χ3n) is 5.60. The average Bonchev–Trinajstić information content (AvgIpc) is 2.75. The molecule has 4 rings (SSSR count). The number of aryl methyl sites for hydroxylation is 2. The van der Waals surface area contributed by atoms with Crippen LogP contribution in [0, 0.1) is 13.8 Å². The lowest BCUT2D eigenvalue weighted by atomic mass is 10.0. The van der Waals surface area contributed by atoms with E-state index in [1.165, 1.54) is 5.56 Å². The molecule has 1 fully saturated rings. The fourth-order valence-electron chi connectivity index (χ4n) is 4.01. The van der Waals surface area contributed by atoms with Gasteiger partial charge < -0.3 is 10.6 Å². The van der Waals surface area contributed by atoms with Crippen molar-refractivity contribution < 1.29 is 4.79 Å². The van der Waals surface area contributed by atoms with E-state index in [2.05, 4.69) is 44.6 Å². The van der Waals surface area contributed by atoms with Crippen LogP contribution in [0.1, 0.15) is 34.4 Å². The number of pyridine rings is 2. The van der Waals surface area contributed by atoms with Gasteiger partial charge in [-0.25, -0.2) is 4.98 Å². The van der Waals surface area contributed by atoms with Gasteiger partial charge >= 0.3 is 0 Å². The zero-order valence-electron chi connectivity index (χ0n) is 18.4. The largest absolute Gasteiger partial charge is 0.321 e. The smallest absolute Gasteiger partial charge is 0.274 e. The molecule has 1 amide bonds. The number of hydrogen-bond acceptors (Lipinski definition) is 5. The van der Waals surface area contributed by atoms with Crippen LogP contribution in [0.25, 0.3) is 11.1 Å². The number of hydrogen-bond donors (Lipinski definition) is 2. The summed E-state index contributed by atoms with van der Waals surface area (Å²) < 4.78 is 0. The number of aromatic nitrogens is 2. The molecule has 1 aliphatic rings. The van der Waals surface area contributed by atoms with Gasteiger partial charge in [-0.3, -0.25) is 14.7 Å². The molecule has 2 aromatic heterocycles. The monoisotopic (exact) mass is 415 g/mol. The standard InChI is InChI=1S/C25H29N5O/c1-17-14-21(10-11-26-17)23-8-9-24(28-19(23)3)25(31)29-22-6-4-20(5-7-22)16-30-13-12-27-18(2)15-30/h4-11,14,18,27H,12-13,15-16H2,1-3H3,(H,29,31)/t18-/m0/s1. The van der Waals surface area contributed by atoms with Crippen LogP contribution in [0.2, 0.25) is 0 Å². The summed E-state index contributed by atoms with van der Waals surface area (Å²) in [5.41, 5.74) is 6.26. The van der Waals surface area contributed by atoms with Crippen molar-refractivity contribution in [3.63, 3.8) is 0 Å². The van der Waals surface area contributed by atoms with Gasteiger partial charge in [-0.05, 0) is 62.2 Å². The van der Waals surface area contributed by atoms with Crippen molar-refractivity contribution in [3.8, 4) is 11.1 Å². The Bertz CT molecular complexity index is 1060. The highest BCUT2D eigenvalue weighted by atomic mass is 16.1. The first-order valence-electron chi connectivity index (χ1n) is 10.7. The van der Waals surface area contributed by atoms with Gasteiger partial charge in [-0.15, -0.1) is 0 Å². The van der Waals surface area contributed by atoms with Crippen molar-refractivity contribution in [2.75, 3.05) is 25.0 Å². The Morgan fingerprint density at radius 3 is 2.68 bits per heavy atom. The van der Waals surface area contributed by atoms with Gasteiger partial charge in [0.25, 0.3) is 5.91 Å². The Kier molecular flexibility index (Phi) is 6.39. The molecule has 160 valence electrons. The zero-order chi connectivity index (χ0) is 21.8. The second-order valence-electron chi connectivity index (χ2n) is 8.26. The van der Waals surface area contributed by atoms with Crippen LogP contribution in [-0.2, 0) is 6.54 Å². The number of benzene rings is 1. The summed E-state index contributed by atoms with van der Waals surface area (Å²) in [5, 5.41) is 6.42. The highest BCUT2D eigenvalue weighted by Crippen LogP contribution is 2.23. The van der Waals surface area contributed by atoms with Gasteiger partial charge in [0, 0.05) is 61.1 Å². The predicted molar refractivity (Wildman–Crippen MR) is 124 cm³/mol. The minimum absolute atomic E-state index is 0.204. The lowest BCUT2D eigenvalue weighted by Crippen LogP contribution is -2.48. The van der Waals surface area contributed by atoms with Crippen LogP contribution < -0.4 is 10.6 Å². The molecule has 0 spiro atoms. The van der Waals surface area contributed by atoms with Gasteiger partial charge in [0.15, 0.2) is 0 Å². The van der Waals surface area contributed by atoms with Gasteiger partial charge in [0.1, 0.15) is 5.69 Å². The molecule has 6 nitrogen and oxygen atoms in total. The Labute approximate surface area is 183 Å². The maximum Gasteiger partial charge on any atom is 0.274 e. The second-order valence-corrected chi connectivity index (χ2v) is 8.26. The lowest BCUT2D eigenvalue weighted by molar-refractivity contribution is 0.102. The van der Waals surface area contributed by atoms with Crippen LogP contribution in [0.5, 0.6) is 0 Å². The Morgan fingerprint density at radius 2 is 1.97 bits per heavy atom. The predicted octanol–water partition coefficient (Wildman–Crippen LogP) is 3.81. The molecule has 2 N–H and O–H groups in total. The minimum Gasteiger partial charge on any atom is -0.321 e. The summed E-state index contributed by atoms with van der Waals surface area (Å²) in [4.78, 5) is 23.9. The fourth-order valence-corrected chi connectivity index (χ4v) is 4.01. The van der Waals surface area contributed by atoms with Crippen molar-refractivity contribution >= 4 is 11.6 Å². The molecule has 3 heterocycles. The van der Waals surface area contributed by atoms with E-state index in [1.807, 2.05) is 44.2 Å². The molecule has 0 radical (unpaired) electrons. The third-order valence-corrected chi connectivity index (χ3v) is 5.60. The number of amides is 1. The summed E-state index contributed by atoms with van der Waals surface area (Å²) in [6.07, 6.45) is 1.79. The lowest BCUT2D eigenvalue weighted by Gasteiger charge is -2.31. The topological polar surface area (TPSA) is 70.2 Å². The van der Waals surface area contributed by atoms with Crippen LogP contribution in [0.3, 0.4) is 0 Å². The molecule has 1 saturated heterocycles. The van der Waals surface area contributed by atoms with Crippen molar-refractivity contribution in [1.82, 2.24) is 20.2 Å². The van der Waals surface area contributed by atoms with E-state index in [0.29, 0.717) is 11.7 Å². The molecular formula is C25H29N5O. The number of anilines is 1. The van der Waals surface area contributed by atoms with E-state index in [-0.39, 0.29) is 5.91 Å². The summed E-state index contributed by atoms with van der Waals surface area (Å²) in [7, 11) is 0. The molecule has 1 aromatic carbocycles. The van der Waals surface area contributed by atoms with Crippen LogP contribution in [-0.4, -0.2) is 46.5 Å². The number of rotatable bonds is 5. The van der Waals surface area contributed by atoms with Gasteiger partial charge in [-0.1, -0.05) is 18.2 Å². The third kappa shape index (κ3) is 5.34. The van der Waals surface area contributed by atoms with E-state index < -0.39 is 0 Å². The number of piperazine rings is 1. The van der Waals surface area contributed by atoms with Crippen molar-refractivity contribution in [2.24, 2.45) is 0 Å². The molecule has 31 heavy (non-hydrogen) atoms. The molecule has 6 heteroatoms. The van der Waals surface area contributed by atoms with Crippen molar-refractivity contribution in [1.29, 1.82) is 0 Å². The molecule has 3 aromatic rings. The number of nitrogens with one attached hydrogen (secondary N) is 2. The maximum absolute atomic E-state index is 12.7. The maximum atomic E-state index is 12.7. The molecule has 0 bridgehead atoms. The van der Waals surface area contributed by atoms with Crippen LogP contribution in [0.15, 0.2) is 54.7 Å². The first kappa shape index (κ1) is 21.2. The summed E-state index contributed by atoms with van der Waals surface area (Å²) in [6.45, 7) is 10.2. The highest BCUT2D eigenvalue weighted by molar-refractivity contribution is 6.03. The molecule has 0 aliphatic carbocycles. The summed E-state index contributed by atoms with van der Waals surface area (Å²) in [5.74, 6) is -0.204. The Balaban J connectivity index is 1.40. The van der Waals surface area contributed by atoms with E-state index in [9.17, 15) is 4.79 Å². The minimum atomic E-state index is -0.204. The number of carbonyl (C=O) groups is 1. The van der Waals surface area contributed by atoms with Crippen LogP contribution >= 0.6 is 0 Å². The quantitative estimate of drug-likeness (QED) is 0.663. The van der Waals surface area contributed by atoms with E-state index in [1.54, 1.807) is 12.3 Å². The Morgan fingerprint density at radius 1 is 1.16 bits per heavy atom. The average molecular weight is 416 g/mol. The van der Waals surface area contributed by atoms with E-state index >= 15 is 0 Å². The first-order valence-corrected chi connectivity index (χ1v) is 10.7. The summed E-state index contributed by atoms with van der Waals surface area (Å²) >= 11 is 0. The van der Waals surface area contributed by atoms with Crippen molar-refractivity contribution in [3.05, 3.63) is 77.4 Å². The highest BCUT2D eigenvalue weighted by Gasteiger charge is 2.16. The second kappa shape index (κ2) is 9.37. The molecular weight excluding hydrogens is 386 g/mol.